The Morgan fingerprint density at radius 2 is 1.70 bits per heavy atom. The number of hydrogen-bond acceptors (Lipinski definition) is 5. The van der Waals surface area contributed by atoms with Crippen LogP contribution in [0.4, 0.5) is 5.69 Å². The third-order valence-corrected chi connectivity index (χ3v) is 7.66. The van der Waals surface area contributed by atoms with E-state index < -0.39 is 29.8 Å². The molecule has 3 aromatic carbocycles. The molecule has 8 heteroatoms. The lowest BCUT2D eigenvalue weighted by Crippen LogP contribution is -2.46. The molecule has 0 radical (unpaired) electrons. The van der Waals surface area contributed by atoms with E-state index in [0.29, 0.717) is 16.5 Å². The van der Waals surface area contributed by atoms with Crippen molar-refractivity contribution in [3.63, 3.8) is 0 Å². The molecule has 2 fully saturated rings. The summed E-state index contributed by atoms with van der Waals surface area (Å²) in [7, 11) is 1.51. The average molecular weight is 514 g/mol. The van der Waals surface area contributed by atoms with Crippen molar-refractivity contribution in [3.8, 4) is 5.75 Å². The van der Waals surface area contributed by atoms with Gasteiger partial charge in [-0.2, -0.15) is 0 Å². The highest BCUT2D eigenvalue weighted by molar-refractivity contribution is 6.31. The normalized spacial score (nSPS) is 23.5. The zero-order valence-corrected chi connectivity index (χ0v) is 20.8. The minimum atomic E-state index is -0.888. The molecule has 186 valence electrons. The first-order valence-electron chi connectivity index (χ1n) is 12.1. The molecule has 7 nitrogen and oxygen atoms in total. The SMILES string of the molecule is COc1ccc(Cl)cc1NC(=O)[C@@H]1[C@@H]2C(=O)N(Cc3ccccc3)C(=O)[C@@H]2[C@H]2c3ccccc3C=CN12. The number of imide groups is 1. The summed E-state index contributed by atoms with van der Waals surface area (Å²) in [5.41, 5.74) is 3.16. The molecule has 0 aromatic heterocycles. The lowest BCUT2D eigenvalue weighted by atomic mass is 9.84. The molecule has 0 aliphatic carbocycles. The number of rotatable bonds is 5. The Labute approximate surface area is 219 Å². The van der Waals surface area contributed by atoms with Crippen molar-refractivity contribution in [2.45, 2.75) is 18.6 Å². The van der Waals surface area contributed by atoms with Crippen LogP contribution in [0.3, 0.4) is 0 Å². The fourth-order valence-corrected chi connectivity index (χ4v) is 6.00. The van der Waals surface area contributed by atoms with Gasteiger partial charge in [-0.05, 0) is 41.0 Å². The first kappa shape index (κ1) is 23.3. The van der Waals surface area contributed by atoms with Crippen molar-refractivity contribution >= 4 is 41.1 Å². The molecule has 2 saturated heterocycles. The molecule has 0 spiro atoms. The molecule has 3 aliphatic rings. The summed E-state index contributed by atoms with van der Waals surface area (Å²) in [5.74, 6) is -2.05. The van der Waals surface area contributed by atoms with Crippen LogP contribution in [0.1, 0.15) is 22.7 Å². The molecule has 0 saturated carbocycles. The van der Waals surface area contributed by atoms with Gasteiger partial charge in [-0.3, -0.25) is 19.3 Å². The van der Waals surface area contributed by atoms with Crippen molar-refractivity contribution < 1.29 is 19.1 Å². The minimum absolute atomic E-state index is 0.173. The Morgan fingerprint density at radius 1 is 0.973 bits per heavy atom. The number of anilines is 1. The second kappa shape index (κ2) is 9.09. The number of methoxy groups -OCH3 is 1. The number of benzene rings is 3. The lowest BCUT2D eigenvalue weighted by molar-refractivity contribution is -0.143. The summed E-state index contributed by atoms with van der Waals surface area (Å²) in [6.45, 7) is 0.173. The van der Waals surface area contributed by atoms with Gasteiger partial charge >= 0.3 is 0 Å². The zero-order chi connectivity index (χ0) is 25.7. The van der Waals surface area contributed by atoms with Gasteiger partial charge in [0.25, 0.3) is 0 Å². The number of nitrogens with zero attached hydrogens (tertiary/aromatic N) is 2. The Bertz CT molecular complexity index is 1440. The fourth-order valence-electron chi connectivity index (χ4n) is 5.83. The van der Waals surface area contributed by atoms with Crippen LogP contribution in [-0.4, -0.2) is 40.7 Å². The molecule has 3 aromatic rings. The maximum Gasteiger partial charge on any atom is 0.248 e. The topological polar surface area (TPSA) is 79.0 Å². The number of fused-ring (bicyclic) bond motifs is 5. The van der Waals surface area contributed by atoms with Crippen molar-refractivity contribution in [3.05, 3.63) is 101 Å². The highest BCUT2D eigenvalue weighted by Gasteiger charge is 2.64. The van der Waals surface area contributed by atoms with Gasteiger partial charge in [0.15, 0.2) is 0 Å². The number of carbonyl (C=O) groups excluding carboxylic acids is 3. The second-order valence-electron chi connectivity index (χ2n) is 9.42. The van der Waals surface area contributed by atoms with E-state index in [1.807, 2.05) is 71.8 Å². The van der Waals surface area contributed by atoms with Gasteiger partial charge in [0.2, 0.25) is 17.7 Å². The highest BCUT2D eigenvalue weighted by atomic mass is 35.5. The smallest absolute Gasteiger partial charge is 0.248 e. The van der Waals surface area contributed by atoms with Gasteiger partial charge < -0.3 is 15.0 Å². The number of halogens is 1. The molecule has 3 amide bonds. The van der Waals surface area contributed by atoms with E-state index in [4.69, 9.17) is 16.3 Å². The summed E-state index contributed by atoms with van der Waals surface area (Å²) in [6, 6.07) is 20.8. The molecular weight excluding hydrogens is 490 g/mol. The number of ether oxygens (including phenoxy) is 1. The largest absolute Gasteiger partial charge is 0.495 e. The molecule has 0 bridgehead atoms. The summed E-state index contributed by atoms with van der Waals surface area (Å²) in [6.07, 6.45) is 3.75. The quantitative estimate of drug-likeness (QED) is 0.508. The maximum atomic E-state index is 13.9. The molecule has 3 heterocycles. The summed E-state index contributed by atoms with van der Waals surface area (Å²) in [5, 5.41) is 3.34. The van der Waals surface area contributed by atoms with Crippen LogP contribution in [0, 0.1) is 11.8 Å². The standard InChI is InChI=1S/C29H24ClN3O4/c1-37-22-12-11-19(30)15-21(22)31-27(34)26-24-23(25-20-10-6-5-9-18(20)13-14-32(25)26)28(35)33(29(24)36)16-17-7-3-2-4-8-17/h2-15,23-26H,16H2,1H3,(H,31,34)/t23-,24+,25+,26-/m0/s1. The van der Waals surface area contributed by atoms with Crippen molar-refractivity contribution in [1.82, 2.24) is 9.80 Å². The van der Waals surface area contributed by atoms with Gasteiger partial charge in [0.05, 0.1) is 37.2 Å². The first-order chi connectivity index (χ1) is 18.0. The predicted octanol–water partition coefficient (Wildman–Crippen LogP) is 4.50. The van der Waals surface area contributed by atoms with Gasteiger partial charge in [0.1, 0.15) is 11.8 Å². The second-order valence-corrected chi connectivity index (χ2v) is 9.85. The Kier molecular flexibility index (Phi) is 5.72. The number of hydrogen-bond donors (Lipinski definition) is 1. The fraction of sp³-hybridized carbons (Fsp3) is 0.207. The molecule has 6 rings (SSSR count). The van der Waals surface area contributed by atoms with Crippen molar-refractivity contribution in [2.75, 3.05) is 12.4 Å². The van der Waals surface area contributed by atoms with E-state index in [-0.39, 0.29) is 18.4 Å². The van der Waals surface area contributed by atoms with Crippen LogP contribution >= 0.6 is 11.6 Å². The Hall–Kier alpha value is -4.10. The van der Waals surface area contributed by atoms with Crippen molar-refractivity contribution in [2.24, 2.45) is 11.8 Å². The molecule has 37 heavy (non-hydrogen) atoms. The van der Waals surface area contributed by atoms with E-state index in [2.05, 4.69) is 5.32 Å². The van der Waals surface area contributed by atoms with Crippen molar-refractivity contribution in [1.29, 1.82) is 0 Å². The van der Waals surface area contributed by atoms with Crippen LogP contribution in [0.25, 0.3) is 6.08 Å². The van der Waals surface area contributed by atoms with Crippen LogP contribution in [0.5, 0.6) is 5.75 Å². The average Bonchev–Trinajstić information content (AvgIpc) is 3.38. The monoisotopic (exact) mass is 513 g/mol. The zero-order valence-electron chi connectivity index (χ0n) is 20.0. The maximum absolute atomic E-state index is 13.9. The van der Waals surface area contributed by atoms with E-state index in [1.54, 1.807) is 18.2 Å². The first-order valence-corrected chi connectivity index (χ1v) is 12.4. The van der Waals surface area contributed by atoms with Gasteiger partial charge in [-0.1, -0.05) is 66.2 Å². The Balaban J connectivity index is 1.40. The van der Waals surface area contributed by atoms with Crippen LogP contribution in [0.2, 0.25) is 5.02 Å². The van der Waals surface area contributed by atoms with Gasteiger partial charge in [-0.15, -0.1) is 0 Å². The predicted molar refractivity (Wildman–Crippen MR) is 139 cm³/mol. The molecule has 4 atom stereocenters. The van der Waals surface area contributed by atoms with E-state index in [0.717, 1.165) is 16.7 Å². The van der Waals surface area contributed by atoms with E-state index in [1.165, 1.54) is 12.0 Å². The van der Waals surface area contributed by atoms with Gasteiger partial charge in [0, 0.05) is 11.2 Å². The third kappa shape index (κ3) is 3.78. The number of likely N-dealkylation sites (tertiary alicyclic amines) is 1. The van der Waals surface area contributed by atoms with Crippen LogP contribution in [0.15, 0.2) is 79.0 Å². The minimum Gasteiger partial charge on any atom is -0.495 e. The number of nitrogens with one attached hydrogen (secondary N) is 1. The molecule has 0 unspecified atom stereocenters. The van der Waals surface area contributed by atoms with Crippen LogP contribution in [-0.2, 0) is 20.9 Å². The van der Waals surface area contributed by atoms with Crippen LogP contribution < -0.4 is 10.1 Å². The lowest BCUT2D eigenvalue weighted by Gasteiger charge is -2.35. The summed E-state index contributed by atoms with van der Waals surface area (Å²) >= 11 is 6.18. The molecule has 3 aliphatic heterocycles. The van der Waals surface area contributed by atoms with Gasteiger partial charge in [-0.25, -0.2) is 0 Å². The summed E-state index contributed by atoms with van der Waals surface area (Å²) in [4.78, 5) is 44.7. The Morgan fingerprint density at radius 3 is 2.49 bits per heavy atom. The van der Waals surface area contributed by atoms with E-state index >= 15 is 0 Å². The number of carbonyl (C=O) groups is 3. The molecule has 1 N–H and O–H groups in total. The highest BCUT2D eigenvalue weighted by Crippen LogP contribution is 2.53. The number of amides is 3. The third-order valence-electron chi connectivity index (χ3n) is 7.42. The van der Waals surface area contributed by atoms with E-state index in [9.17, 15) is 14.4 Å². The molecular formula is C29H24ClN3O4. The summed E-state index contributed by atoms with van der Waals surface area (Å²) < 4.78 is 5.40.